The molecule has 1 aromatic heterocycles. The predicted octanol–water partition coefficient (Wildman–Crippen LogP) is 2.82. The van der Waals surface area contributed by atoms with E-state index in [1.54, 1.807) is 6.07 Å². The number of nitrogens with zero attached hydrogens (tertiary/aromatic N) is 2. The van der Waals surface area contributed by atoms with Crippen molar-refractivity contribution in [2.24, 2.45) is 5.92 Å². The number of halogens is 1. The van der Waals surface area contributed by atoms with Gasteiger partial charge in [-0.05, 0) is 37.5 Å². The minimum absolute atomic E-state index is 0.0256. The summed E-state index contributed by atoms with van der Waals surface area (Å²) in [5, 5.41) is 7.52. The monoisotopic (exact) mass is 333 g/mol. The molecule has 6 heteroatoms. The van der Waals surface area contributed by atoms with Gasteiger partial charge in [-0.25, -0.2) is 0 Å². The van der Waals surface area contributed by atoms with E-state index in [2.05, 4.69) is 21.4 Å². The number of carbonyl (C=O) groups excluding carboxylic acids is 1. The van der Waals surface area contributed by atoms with Crippen molar-refractivity contribution in [1.29, 1.82) is 0 Å². The van der Waals surface area contributed by atoms with Crippen LogP contribution in [-0.2, 0) is 11.2 Å². The number of nitrogens with one attached hydrogen (secondary N) is 1. The summed E-state index contributed by atoms with van der Waals surface area (Å²) in [5.74, 6) is 1.03. The van der Waals surface area contributed by atoms with E-state index in [-0.39, 0.29) is 12.3 Å². The molecule has 0 aliphatic carbocycles. The Labute approximate surface area is 140 Å². The lowest BCUT2D eigenvalue weighted by molar-refractivity contribution is -0.120. The van der Waals surface area contributed by atoms with Gasteiger partial charge in [0.25, 0.3) is 0 Å². The number of anilines is 1. The third-order valence-corrected chi connectivity index (χ3v) is 4.29. The zero-order valence-electron chi connectivity index (χ0n) is 13.1. The van der Waals surface area contributed by atoms with Crippen LogP contribution in [0.15, 0.2) is 34.9 Å². The first-order chi connectivity index (χ1) is 11.1. The maximum absolute atomic E-state index is 11.9. The number of carbonyl (C=O) groups is 1. The minimum Gasteiger partial charge on any atom is -0.371 e. The summed E-state index contributed by atoms with van der Waals surface area (Å²) in [7, 11) is 0. The van der Waals surface area contributed by atoms with Crippen LogP contribution in [-0.4, -0.2) is 30.7 Å². The quantitative estimate of drug-likeness (QED) is 0.914. The maximum atomic E-state index is 11.9. The van der Waals surface area contributed by atoms with Gasteiger partial charge in [0.1, 0.15) is 5.76 Å². The molecule has 1 amide bonds. The smallest absolute Gasteiger partial charge is 0.227 e. The number of hydrogen-bond donors (Lipinski definition) is 1. The van der Waals surface area contributed by atoms with Crippen LogP contribution < -0.4 is 10.2 Å². The van der Waals surface area contributed by atoms with Crippen LogP contribution in [0.2, 0.25) is 5.02 Å². The molecule has 0 radical (unpaired) electrons. The van der Waals surface area contributed by atoms with Crippen molar-refractivity contribution < 1.29 is 9.32 Å². The summed E-state index contributed by atoms with van der Waals surface area (Å²) in [5.41, 5.74) is 1.93. The summed E-state index contributed by atoms with van der Waals surface area (Å²) in [6.07, 6.45) is 1.31. The average molecular weight is 334 g/mol. The number of benzene rings is 1. The molecule has 2 aromatic rings. The van der Waals surface area contributed by atoms with Crippen LogP contribution in [0.25, 0.3) is 0 Å². The van der Waals surface area contributed by atoms with Gasteiger partial charge >= 0.3 is 0 Å². The maximum Gasteiger partial charge on any atom is 0.227 e. The first-order valence-electron chi connectivity index (χ1n) is 7.79. The van der Waals surface area contributed by atoms with Crippen molar-refractivity contribution in [3.05, 3.63) is 46.8 Å². The third kappa shape index (κ3) is 4.26. The van der Waals surface area contributed by atoms with Crippen LogP contribution in [0.3, 0.4) is 0 Å². The fraction of sp³-hybridized carbons (Fsp3) is 0.412. The van der Waals surface area contributed by atoms with Gasteiger partial charge in [-0.1, -0.05) is 22.8 Å². The zero-order chi connectivity index (χ0) is 16.2. The highest BCUT2D eigenvalue weighted by molar-refractivity contribution is 6.30. The van der Waals surface area contributed by atoms with Gasteiger partial charge in [0.15, 0.2) is 0 Å². The highest BCUT2D eigenvalue weighted by Crippen LogP contribution is 2.25. The lowest BCUT2D eigenvalue weighted by atomic mass is 10.1. The van der Waals surface area contributed by atoms with Crippen molar-refractivity contribution in [2.45, 2.75) is 19.8 Å². The van der Waals surface area contributed by atoms with Gasteiger partial charge in [0.05, 0.1) is 12.1 Å². The Morgan fingerprint density at radius 3 is 3.09 bits per heavy atom. The van der Waals surface area contributed by atoms with Gasteiger partial charge < -0.3 is 14.7 Å². The van der Waals surface area contributed by atoms with Crippen LogP contribution in [0.4, 0.5) is 5.69 Å². The highest BCUT2D eigenvalue weighted by Gasteiger charge is 2.23. The van der Waals surface area contributed by atoms with E-state index in [1.165, 1.54) is 0 Å². The average Bonchev–Trinajstić information content (AvgIpc) is 3.14. The van der Waals surface area contributed by atoms with E-state index in [1.807, 2.05) is 25.1 Å². The molecule has 122 valence electrons. The zero-order valence-corrected chi connectivity index (χ0v) is 13.8. The van der Waals surface area contributed by atoms with E-state index < -0.39 is 0 Å². The van der Waals surface area contributed by atoms with Crippen LogP contribution in [0.1, 0.15) is 17.9 Å². The molecular weight excluding hydrogens is 314 g/mol. The Bertz CT molecular complexity index is 686. The lowest BCUT2D eigenvalue weighted by Gasteiger charge is -2.19. The van der Waals surface area contributed by atoms with Crippen LogP contribution >= 0.6 is 11.6 Å². The van der Waals surface area contributed by atoms with E-state index >= 15 is 0 Å². The van der Waals surface area contributed by atoms with E-state index in [0.717, 1.165) is 35.9 Å². The predicted molar refractivity (Wildman–Crippen MR) is 89.7 cm³/mol. The van der Waals surface area contributed by atoms with Crippen molar-refractivity contribution in [3.8, 4) is 0 Å². The molecule has 1 atom stereocenters. The van der Waals surface area contributed by atoms with Crippen LogP contribution in [0, 0.1) is 12.8 Å². The van der Waals surface area contributed by atoms with E-state index in [0.29, 0.717) is 18.2 Å². The topological polar surface area (TPSA) is 58.4 Å². The molecule has 1 N–H and O–H groups in total. The molecule has 1 aliphatic heterocycles. The first-order valence-corrected chi connectivity index (χ1v) is 8.17. The lowest BCUT2D eigenvalue weighted by Crippen LogP contribution is -2.31. The van der Waals surface area contributed by atoms with Gasteiger partial charge in [-0.3, -0.25) is 4.79 Å². The Kier molecular flexibility index (Phi) is 4.86. The van der Waals surface area contributed by atoms with Gasteiger partial charge in [-0.2, -0.15) is 0 Å². The second kappa shape index (κ2) is 7.04. The number of hydrogen-bond acceptors (Lipinski definition) is 4. The molecule has 0 bridgehead atoms. The molecule has 5 nitrogen and oxygen atoms in total. The summed E-state index contributed by atoms with van der Waals surface area (Å²) in [6.45, 7) is 4.45. The Morgan fingerprint density at radius 1 is 1.48 bits per heavy atom. The molecular formula is C17H20ClN3O2. The van der Waals surface area contributed by atoms with Crippen molar-refractivity contribution in [2.75, 3.05) is 24.5 Å². The number of aryl methyl sites for hydroxylation is 1. The third-order valence-electron chi connectivity index (χ3n) is 4.06. The van der Waals surface area contributed by atoms with Gasteiger partial charge in [0, 0.05) is 36.4 Å². The van der Waals surface area contributed by atoms with Crippen LogP contribution in [0.5, 0.6) is 0 Å². The molecule has 0 spiro atoms. The Morgan fingerprint density at radius 2 is 2.35 bits per heavy atom. The van der Waals surface area contributed by atoms with E-state index in [4.69, 9.17) is 16.1 Å². The highest BCUT2D eigenvalue weighted by atomic mass is 35.5. The van der Waals surface area contributed by atoms with Crippen molar-refractivity contribution >= 4 is 23.2 Å². The molecule has 23 heavy (non-hydrogen) atoms. The summed E-state index contributed by atoms with van der Waals surface area (Å²) < 4.78 is 5.06. The largest absolute Gasteiger partial charge is 0.371 e. The molecule has 1 fully saturated rings. The number of rotatable bonds is 5. The summed E-state index contributed by atoms with van der Waals surface area (Å²) in [6, 6.07) is 9.68. The molecule has 0 saturated carbocycles. The molecule has 2 heterocycles. The van der Waals surface area contributed by atoms with Crippen molar-refractivity contribution in [3.63, 3.8) is 0 Å². The van der Waals surface area contributed by atoms with Crippen molar-refractivity contribution in [1.82, 2.24) is 10.5 Å². The Balaban J connectivity index is 1.46. The van der Waals surface area contributed by atoms with Gasteiger partial charge in [0.2, 0.25) is 5.91 Å². The van der Waals surface area contributed by atoms with E-state index in [9.17, 15) is 4.79 Å². The number of amides is 1. The standard InChI is InChI=1S/C17H20ClN3O2/c1-12-7-16(23-20-12)9-17(22)19-10-13-5-6-21(11-13)15-4-2-3-14(18)8-15/h2-4,7-8,13H,5-6,9-11H2,1H3,(H,19,22)/t13-/m0/s1. The summed E-state index contributed by atoms with van der Waals surface area (Å²) in [4.78, 5) is 14.3. The molecule has 0 unspecified atom stereocenters. The second-order valence-corrected chi connectivity index (χ2v) is 6.43. The SMILES string of the molecule is Cc1cc(CC(=O)NC[C@@H]2CCN(c3cccc(Cl)c3)C2)on1. The molecule has 1 aliphatic rings. The molecule has 1 aromatic carbocycles. The fourth-order valence-corrected chi connectivity index (χ4v) is 3.07. The molecule has 1 saturated heterocycles. The Hall–Kier alpha value is -2.01. The fourth-order valence-electron chi connectivity index (χ4n) is 2.89. The first kappa shape index (κ1) is 15.9. The summed E-state index contributed by atoms with van der Waals surface area (Å²) >= 11 is 6.04. The second-order valence-electron chi connectivity index (χ2n) is 6.00. The molecule has 3 rings (SSSR count). The minimum atomic E-state index is -0.0256. The van der Waals surface area contributed by atoms with Gasteiger partial charge in [-0.15, -0.1) is 0 Å². The normalized spacial score (nSPS) is 17.5. The number of aromatic nitrogens is 1.